The number of fused-ring (bicyclic) bond motifs is 2. The molecule has 0 aliphatic carbocycles. The van der Waals surface area contributed by atoms with Gasteiger partial charge in [0.25, 0.3) is 0 Å². The predicted molar refractivity (Wildman–Crippen MR) is 126 cm³/mol. The Hall–Kier alpha value is -2.17. The van der Waals surface area contributed by atoms with Crippen LogP contribution in [0.3, 0.4) is 0 Å². The molecule has 2 aromatic rings. The van der Waals surface area contributed by atoms with Gasteiger partial charge in [0.2, 0.25) is 0 Å². The quantitative estimate of drug-likeness (QED) is 0.214. The van der Waals surface area contributed by atoms with E-state index in [1.807, 2.05) is 6.07 Å². The Morgan fingerprint density at radius 1 is 1.08 bits per heavy atom. The molecule has 0 spiro atoms. The molecule has 4 heterocycles. The van der Waals surface area contributed by atoms with E-state index in [-0.39, 0.29) is 6.61 Å². The molecule has 0 amide bonds. The van der Waals surface area contributed by atoms with Gasteiger partial charge in [-0.1, -0.05) is 0 Å². The highest BCUT2D eigenvalue weighted by atomic mass is 16.7. The van der Waals surface area contributed by atoms with Crippen LogP contribution in [0.5, 0.6) is 5.75 Å². The Kier molecular flexibility index (Phi) is 7.28. The first kappa shape index (κ1) is 27.4. The van der Waals surface area contributed by atoms with Crippen molar-refractivity contribution >= 4 is 11.0 Å². The summed E-state index contributed by atoms with van der Waals surface area (Å²) in [5.74, 6) is 0.526. The second kappa shape index (κ2) is 10.1. The van der Waals surface area contributed by atoms with Gasteiger partial charge in [0.05, 0.1) is 19.8 Å². The third-order valence-corrected chi connectivity index (χ3v) is 7.35. The minimum atomic E-state index is -1.89. The predicted octanol–water partition coefficient (Wildman–Crippen LogP) is -1.84. The number of benzene rings is 1. The van der Waals surface area contributed by atoms with Crippen LogP contribution in [0.1, 0.15) is 19.4 Å². The molecule has 1 aromatic heterocycles. The molecule has 1 aromatic carbocycles. The largest absolute Gasteiger partial charge is 0.487 e. The van der Waals surface area contributed by atoms with Crippen molar-refractivity contribution in [3.8, 4) is 5.75 Å². The normalized spacial score (nSPS) is 37.4. The fraction of sp³-hybridized carbons (Fsp3) is 0.640. The molecule has 2 saturated heterocycles. The van der Waals surface area contributed by atoms with Crippen LogP contribution in [0.15, 0.2) is 33.5 Å². The van der Waals surface area contributed by atoms with E-state index in [1.165, 1.54) is 6.07 Å². The number of ether oxygens (including phenoxy) is 5. The standard InChI is InChI=1S/C25H32O13/c1-24(2,16-6-12-5-11-3-4-17(27)36-13(11)7-14(12)35-16)38-22-20(30)19(29)18(28)15(37-22)8-33-23-21(31)25(32,9-26)10-34-23/h3-5,7,15-16,18-23,26,28-32H,6,8-10H2,1-2H3/t15-,16?,18-,19+,20-,21+,22+,23-,25-/m1/s1. The van der Waals surface area contributed by atoms with Gasteiger partial charge in [-0.05, 0) is 31.5 Å². The highest BCUT2D eigenvalue weighted by Gasteiger charge is 2.51. The van der Waals surface area contributed by atoms with Crippen LogP contribution in [0, 0.1) is 0 Å². The molecular formula is C25H32O13. The van der Waals surface area contributed by atoms with Crippen molar-refractivity contribution in [2.24, 2.45) is 0 Å². The van der Waals surface area contributed by atoms with Crippen molar-refractivity contribution in [3.63, 3.8) is 0 Å². The van der Waals surface area contributed by atoms with Crippen LogP contribution in [-0.4, -0.2) is 111 Å². The fourth-order valence-electron chi connectivity index (χ4n) is 4.85. The molecule has 210 valence electrons. The van der Waals surface area contributed by atoms with Gasteiger partial charge in [0.15, 0.2) is 12.6 Å². The van der Waals surface area contributed by atoms with Crippen LogP contribution in [0.4, 0.5) is 0 Å². The topological polar surface area (TPSA) is 198 Å². The first-order chi connectivity index (χ1) is 17.9. The number of rotatable bonds is 7. The molecule has 13 heteroatoms. The Labute approximate surface area is 216 Å². The van der Waals surface area contributed by atoms with Gasteiger partial charge in [0, 0.05) is 23.9 Å². The van der Waals surface area contributed by atoms with Crippen LogP contribution in [-0.2, 0) is 25.4 Å². The molecule has 0 saturated carbocycles. The molecule has 0 bridgehead atoms. The molecule has 9 atom stereocenters. The van der Waals surface area contributed by atoms with Gasteiger partial charge < -0.3 is 58.7 Å². The summed E-state index contributed by atoms with van der Waals surface area (Å²) in [4.78, 5) is 11.6. The van der Waals surface area contributed by atoms with Crippen molar-refractivity contribution in [1.82, 2.24) is 0 Å². The summed E-state index contributed by atoms with van der Waals surface area (Å²) in [5.41, 5.74) is -2.17. The maximum Gasteiger partial charge on any atom is 0.336 e. The van der Waals surface area contributed by atoms with E-state index in [0.29, 0.717) is 17.8 Å². The van der Waals surface area contributed by atoms with Crippen molar-refractivity contribution in [1.29, 1.82) is 0 Å². The number of aliphatic hydroxyl groups is 6. The highest BCUT2D eigenvalue weighted by molar-refractivity contribution is 5.79. The zero-order valence-electron chi connectivity index (χ0n) is 20.8. The Morgan fingerprint density at radius 3 is 2.55 bits per heavy atom. The molecule has 3 aliphatic heterocycles. The molecule has 6 N–H and O–H groups in total. The van der Waals surface area contributed by atoms with Crippen molar-refractivity contribution < 1.29 is 58.7 Å². The Balaban J connectivity index is 1.25. The van der Waals surface area contributed by atoms with Gasteiger partial charge in [-0.2, -0.15) is 0 Å². The van der Waals surface area contributed by atoms with Crippen molar-refractivity contribution in [2.75, 3.05) is 19.8 Å². The second-order valence-electron chi connectivity index (χ2n) is 10.5. The monoisotopic (exact) mass is 540 g/mol. The fourth-order valence-corrected chi connectivity index (χ4v) is 4.85. The lowest BCUT2D eigenvalue weighted by Gasteiger charge is -2.44. The first-order valence-electron chi connectivity index (χ1n) is 12.3. The summed E-state index contributed by atoms with van der Waals surface area (Å²) in [6, 6.07) is 6.50. The lowest BCUT2D eigenvalue weighted by molar-refractivity contribution is -0.335. The maximum atomic E-state index is 11.6. The Morgan fingerprint density at radius 2 is 1.84 bits per heavy atom. The molecule has 13 nitrogen and oxygen atoms in total. The summed E-state index contributed by atoms with van der Waals surface area (Å²) >= 11 is 0. The number of hydrogen-bond donors (Lipinski definition) is 6. The van der Waals surface area contributed by atoms with Crippen molar-refractivity contribution in [3.05, 3.63) is 40.2 Å². The van der Waals surface area contributed by atoms with E-state index in [9.17, 15) is 35.4 Å². The highest BCUT2D eigenvalue weighted by Crippen LogP contribution is 2.38. The van der Waals surface area contributed by atoms with Gasteiger partial charge in [-0.15, -0.1) is 0 Å². The third kappa shape index (κ3) is 4.95. The summed E-state index contributed by atoms with van der Waals surface area (Å²) < 4.78 is 33.7. The van der Waals surface area contributed by atoms with Gasteiger partial charge in [0.1, 0.15) is 59.2 Å². The summed E-state index contributed by atoms with van der Waals surface area (Å²) in [5, 5.41) is 61.7. The summed E-state index contributed by atoms with van der Waals surface area (Å²) in [6.45, 7) is 1.94. The molecule has 38 heavy (non-hydrogen) atoms. The minimum Gasteiger partial charge on any atom is -0.487 e. The SMILES string of the molecule is CC(C)(O[C@@H]1O[C@H](CO[C@@H]2OC[C@](O)(CO)[C@H]2O)[C@@H](O)[C@H](O)[C@H]1O)C1Cc2cc3ccc(=O)oc3cc2O1. The van der Waals surface area contributed by atoms with Crippen LogP contribution >= 0.6 is 0 Å². The second-order valence-corrected chi connectivity index (χ2v) is 10.5. The zero-order valence-corrected chi connectivity index (χ0v) is 20.8. The molecule has 1 unspecified atom stereocenters. The summed E-state index contributed by atoms with van der Waals surface area (Å²) in [6.07, 6.45) is -10.3. The minimum absolute atomic E-state index is 0.365. The van der Waals surface area contributed by atoms with Crippen molar-refractivity contribution in [2.45, 2.75) is 80.7 Å². The van der Waals surface area contributed by atoms with E-state index in [0.717, 1.165) is 10.9 Å². The van der Waals surface area contributed by atoms with Gasteiger partial charge in [-0.3, -0.25) is 0 Å². The lowest BCUT2D eigenvalue weighted by Crippen LogP contribution is -2.61. The number of aliphatic hydroxyl groups excluding tert-OH is 5. The number of hydrogen-bond acceptors (Lipinski definition) is 13. The van der Waals surface area contributed by atoms with E-state index < -0.39 is 79.2 Å². The maximum absolute atomic E-state index is 11.6. The molecule has 0 radical (unpaired) electrons. The van der Waals surface area contributed by atoms with E-state index in [1.54, 1.807) is 26.0 Å². The zero-order chi connectivity index (χ0) is 27.4. The van der Waals surface area contributed by atoms with Crippen LogP contribution < -0.4 is 10.4 Å². The van der Waals surface area contributed by atoms with E-state index in [4.69, 9.17) is 28.1 Å². The van der Waals surface area contributed by atoms with Gasteiger partial charge >= 0.3 is 5.63 Å². The Bertz CT molecular complexity index is 1210. The van der Waals surface area contributed by atoms with Gasteiger partial charge in [-0.25, -0.2) is 4.79 Å². The third-order valence-electron chi connectivity index (χ3n) is 7.35. The lowest BCUT2D eigenvalue weighted by atomic mass is 9.95. The molecule has 2 fully saturated rings. The first-order valence-corrected chi connectivity index (χ1v) is 12.3. The van der Waals surface area contributed by atoms with E-state index in [2.05, 4.69) is 0 Å². The van der Waals surface area contributed by atoms with E-state index >= 15 is 0 Å². The summed E-state index contributed by atoms with van der Waals surface area (Å²) in [7, 11) is 0. The molecular weight excluding hydrogens is 508 g/mol. The smallest absolute Gasteiger partial charge is 0.336 e. The van der Waals surface area contributed by atoms with Crippen LogP contribution in [0.25, 0.3) is 11.0 Å². The molecule has 5 rings (SSSR count). The average Bonchev–Trinajstić information content (AvgIpc) is 3.43. The van der Waals surface area contributed by atoms with Crippen LogP contribution in [0.2, 0.25) is 0 Å². The molecule has 3 aliphatic rings. The average molecular weight is 541 g/mol.